The number of amides is 2. The second kappa shape index (κ2) is 7.32. The van der Waals surface area contributed by atoms with E-state index in [1.165, 1.54) is 0 Å². The third-order valence-electron chi connectivity index (χ3n) is 1.50. The zero-order chi connectivity index (χ0) is 11.0. The first kappa shape index (κ1) is 12.9. The Labute approximate surface area is 84.6 Å². The van der Waals surface area contributed by atoms with E-state index in [2.05, 4.69) is 16.0 Å². The monoisotopic (exact) mass is 201 g/mol. The Balaban J connectivity index is 3.51. The van der Waals surface area contributed by atoms with Gasteiger partial charge in [-0.2, -0.15) is 0 Å². The van der Waals surface area contributed by atoms with Crippen molar-refractivity contribution in [3.05, 3.63) is 0 Å². The van der Waals surface area contributed by atoms with Gasteiger partial charge in [0.15, 0.2) is 0 Å². The van der Waals surface area contributed by atoms with Crippen LogP contribution in [0.2, 0.25) is 0 Å². The molecule has 0 aliphatic heterocycles. The van der Waals surface area contributed by atoms with E-state index in [0.717, 1.165) is 0 Å². The summed E-state index contributed by atoms with van der Waals surface area (Å²) >= 11 is 0. The summed E-state index contributed by atoms with van der Waals surface area (Å²) in [5.41, 5.74) is 0. The Kier molecular flexibility index (Phi) is 6.74. The fraction of sp³-hybridized carbons (Fsp3) is 0.778. The Hall–Kier alpha value is -1.10. The fourth-order valence-electron chi connectivity index (χ4n) is 0.879. The topological polar surface area (TPSA) is 70.2 Å². The maximum Gasteiger partial charge on any atom is 0.239 e. The number of rotatable bonds is 6. The van der Waals surface area contributed by atoms with Crippen LogP contribution in [-0.2, 0) is 9.59 Å². The molecule has 14 heavy (non-hydrogen) atoms. The first-order valence-corrected chi connectivity index (χ1v) is 4.77. The van der Waals surface area contributed by atoms with Crippen molar-refractivity contribution in [3.8, 4) is 0 Å². The molecule has 0 spiro atoms. The lowest BCUT2D eigenvalue weighted by Gasteiger charge is -2.08. The van der Waals surface area contributed by atoms with Crippen molar-refractivity contribution in [2.45, 2.75) is 26.3 Å². The normalized spacial score (nSPS) is 10.0. The predicted octanol–water partition coefficient (Wildman–Crippen LogP) is -0.763. The maximum atomic E-state index is 11.1. The van der Waals surface area contributed by atoms with Gasteiger partial charge in [0.2, 0.25) is 11.8 Å². The van der Waals surface area contributed by atoms with Gasteiger partial charge >= 0.3 is 0 Å². The van der Waals surface area contributed by atoms with E-state index in [1.54, 1.807) is 7.05 Å². The molecule has 0 aromatic heterocycles. The first-order valence-electron chi connectivity index (χ1n) is 4.77. The summed E-state index contributed by atoms with van der Waals surface area (Å²) in [5, 5.41) is 8.07. The van der Waals surface area contributed by atoms with Gasteiger partial charge in [0.1, 0.15) is 0 Å². The molecule has 2 amide bonds. The Morgan fingerprint density at radius 3 is 2.36 bits per heavy atom. The molecule has 0 aromatic carbocycles. The molecule has 0 aliphatic carbocycles. The molecule has 0 aromatic rings. The van der Waals surface area contributed by atoms with Gasteiger partial charge in [0.25, 0.3) is 0 Å². The summed E-state index contributed by atoms with van der Waals surface area (Å²) in [4.78, 5) is 22.2. The van der Waals surface area contributed by atoms with Gasteiger partial charge in [0.05, 0.1) is 6.54 Å². The molecular weight excluding hydrogens is 182 g/mol. The SMILES string of the molecule is CNCCC(=O)NCC(=O)NC(C)C. The van der Waals surface area contributed by atoms with Crippen LogP contribution in [-0.4, -0.2) is 38.0 Å². The van der Waals surface area contributed by atoms with Gasteiger partial charge in [-0.25, -0.2) is 0 Å². The molecule has 0 unspecified atom stereocenters. The van der Waals surface area contributed by atoms with Crippen LogP contribution < -0.4 is 16.0 Å². The van der Waals surface area contributed by atoms with E-state index in [9.17, 15) is 9.59 Å². The van der Waals surface area contributed by atoms with Gasteiger partial charge < -0.3 is 16.0 Å². The largest absolute Gasteiger partial charge is 0.352 e. The van der Waals surface area contributed by atoms with Crippen molar-refractivity contribution in [2.75, 3.05) is 20.1 Å². The zero-order valence-electron chi connectivity index (χ0n) is 9.02. The second-order valence-corrected chi connectivity index (χ2v) is 3.35. The standard InChI is InChI=1S/C9H19N3O2/c1-7(2)12-9(14)6-11-8(13)4-5-10-3/h7,10H,4-6H2,1-3H3,(H,11,13)(H,12,14). The highest BCUT2D eigenvalue weighted by Crippen LogP contribution is 1.78. The van der Waals surface area contributed by atoms with E-state index >= 15 is 0 Å². The molecule has 0 saturated heterocycles. The molecule has 0 fully saturated rings. The van der Waals surface area contributed by atoms with Crippen LogP contribution in [0.3, 0.4) is 0 Å². The average molecular weight is 201 g/mol. The molecule has 0 bridgehead atoms. The van der Waals surface area contributed by atoms with E-state index < -0.39 is 0 Å². The van der Waals surface area contributed by atoms with Crippen molar-refractivity contribution < 1.29 is 9.59 Å². The van der Waals surface area contributed by atoms with Crippen molar-refractivity contribution in [2.24, 2.45) is 0 Å². The van der Waals surface area contributed by atoms with Crippen LogP contribution in [0.1, 0.15) is 20.3 Å². The first-order chi connectivity index (χ1) is 6.56. The van der Waals surface area contributed by atoms with Crippen LogP contribution in [0.4, 0.5) is 0 Å². The minimum atomic E-state index is -0.155. The smallest absolute Gasteiger partial charge is 0.239 e. The molecule has 0 rings (SSSR count). The van der Waals surface area contributed by atoms with Gasteiger partial charge in [-0.15, -0.1) is 0 Å². The highest BCUT2D eigenvalue weighted by molar-refractivity contribution is 5.84. The van der Waals surface area contributed by atoms with Gasteiger partial charge in [-0.1, -0.05) is 0 Å². The van der Waals surface area contributed by atoms with Crippen molar-refractivity contribution in [3.63, 3.8) is 0 Å². The molecular formula is C9H19N3O2. The second-order valence-electron chi connectivity index (χ2n) is 3.35. The third kappa shape index (κ3) is 7.54. The molecule has 3 N–H and O–H groups in total. The summed E-state index contributed by atoms with van der Waals surface area (Å²) in [6.45, 7) is 4.43. The minimum absolute atomic E-state index is 0.0563. The lowest BCUT2D eigenvalue weighted by molar-refractivity contribution is -0.126. The minimum Gasteiger partial charge on any atom is -0.352 e. The summed E-state index contributed by atoms with van der Waals surface area (Å²) in [5.74, 6) is -0.268. The molecule has 0 saturated carbocycles. The molecule has 5 nitrogen and oxygen atoms in total. The molecule has 0 atom stereocenters. The maximum absolute atomic E-state index is 11.1. The number of hydrogen-bond donors (Lipinski definition) is 3. The molecule has 5 heteroatoms. The van der Waals surface area contributed by atoms with E-state index in [4.69, 9.17) is 0 Å². The van der Waals surface area contributed by atoms with Crippen LogP contribution in [0.15, 0.2) is 0 Å². The summed E-state index contributed by atoms with van der Waals surface area (Å²) < 4.78 is 0. The van der Waals surface area contributed by atoms with Crippen LogP contribution in [0.25, 0.3) is 0 Å². The molecule has 82 valence electrons. The fourth-order valence-corrected chi connectivity index (χ4v) is 0.879. The number of nitrogens with one attached hydrogen (secondary N) is 3. The lowest BCUT2D eigenvalue weighted by atomic mass is 10.3. The lowest BCUT2D eigenvalue weighted by Crippen LogP contribution is -2.40. The predicted molar refractivity (Wildman–Crippen MR) is 54.8 cm³/mol. The van der Waals surface area contributed by atoms with Crippen molar-refractivity contribution in [1.82, 2.24) is 16.0 Å². The van der Waals surface area contributed by atoms with Gasteiger partial charge in [0, 0.05) is 19.0 Å². The average Bonchev–Trinajstić information content (AvgIpc) is 2.10. The van der Waals surface area contributed by atoms with Crippen LogP contribution in [0.5, 0.6) is 0 Å². The van der Waals surface area contributed by atoms with Crippen molar-refractivity contribution >= 4 is 11.8 Å². The van der Waals surface area contributed by atoms with E-state index in [1.807, 2.05) is 13.8 Å². The summed E-state index contributed by atoms with van der Waals surface area (Å²) in [6.07, 6.45) is 0.394. The zero-order valence-corrected chi connectivity index (χ0v) is 9.02. The number of carbonyl (C=O) groups is 2. The van der Waals surface area contributed by atoms with Crippen molar-refractivity contribution in [1.29, 1.82) is 0 Å². The van der Waals surface area contributed by atoms with Gasteiger partial charge in [-0.3, -0.25) is 9.59 Å². The number of hydrogen-bond acceptors (Lipinski definition) is 3. The third-order valence-corrected chi connectivity index (χ3v) is 1.50. The Morgan fingerprint density at radius 1 is 1.21 bits per heavy atom. The highest BCUT2D eigenvalue weighted by atomic mass is 16.2. The molecule has 0 aliphatic rings. The number of carbonyl (C=O) groups excluding carboxylic acids is 2. The summed E-state index contributed by atoms with van der Waals surface area (Å²) in [6, 6.07) is 0.108. The van der Waals surface area contributed by atoms with Crippen LogP contribution >= 0.6 is 0 Å². The quantitative estimate of drug-likeness (QED) is 0.529. The highest BCUT2D eigenvalue weighted by Gasteiger charge is 2.05. The van der Waals surface area contributed by atoms with E-state index in [-0.39, 0.29) is 24.4 Å². The summed E-state index contributed by atoms with van der Waals surface area (Å²) in [7, 11) is 1.78. The van der Waals surface area contributed by atoms with Gasteiger partial charge in [-0.05, 0) is 20.9 Å². The molecule has 0 radical (unpaired) electrons. The van der Waals surface area contributed by atoms with Crippen LogP contribution in [0, 0.1) is 0 Å². The Morgan fingerprint density at radius 2 is 1.86 bits per heavy atom. The van der Waals surface area contributed by atoms with E-state index in [0.29, 0.717) is 13.0 Å². The Bertz CT molecular complexity index is 192. The molecule has 0 heterocycles.